The maximum absolute atomic E-state index is 14.8. The second kappa shape index (κ2) is 51.2. The molecule has 0 radical (unpaired) electrons. The molecule has 15 atom stereocenters. The number of fused-ring (bicyclic) bond motifs is 5. The lowest BCUT2D eigenvalue weighted by Gasteiger charge is -2.42. The largest absolute Gasteiger partial charge is 0.459 e. The summed E-state index contributed by atoms with van der Waals surface area (Å²) in [4.78, 5) is 113. The maximum Gasteiger partial charge on any atom is 0.329 e. The quantitative estimate of drug-likeness (QED) is 0.00917. The van der Waals surface area contributed by atoms with Crippen molar-refractivity contribution in [1.82, 2.24) is 64.8 Å². The van der Waals surface area contributed by atoms with Gasteiger partial charge in [-0.05, 0) is 149 Å². The number of ketones is 3. The summed E-state index contributed by atoms with van der Waals surface area (Å²) >= 11 is 0. The van der Waals surface area contributed by atoms with Crippen molar-refractivity contribution < 1.29 is 95.5 Å². The molecule has 730 valence electrons. The van der Waals surface area contributed by atoms with Crippen molar-refractivity contribution in [2.45, 2.75) is 225 Å². The SMILES string of the molecule is CO[C@H]1C[C@@H]2CC[C@@H](C)[C@@](O)(O2)C(=O)C(=O)N2CCCC[C@H]2C(=O)O[C@H]([C@H](N)C[C@@H]2CC[C@@H](OCc3cccc(-c4cnc(N5CCN(Cc6cn(CCOCCOCCOCCOCCOCCC(=O)NCCCCn7nc(-c8ccc9oc(N)nc9c8)c8c(N)ncnc87)nn6)CC5)nc4)c3)[C@H](OC)C2)CC(=O)[C@H](C)/C=C(\C)[C@@H](O)[C@@H](OC)C(=O)[C@H](C)C[C@H](C)/C=C/C=CC=C1C. The van der Waals surface area contributed by atoms with Crippen LogP contribution in [-0.2, 0) is 107 Å². The number of cyclic esters (lactones) is 1. The molecular formula is C97H137N17O20. The van der Waals surface area contributed by atoms with Crippen molar-refractivity contribution in [2.75, 3.05) is 143 Å². The lowest BCUT2D eigenvalue weighted by Crippen LogP contribution is -2.61. The summed E-state index contributed by atoms with van der Waals surface area (Å²) < 4.78 is 74.3. The Hall–Kier alpha value is -10.1. The number of aromatic nitrogens is 10. The molecule has 5 aliphatic rings. The fourth-order valence-corrected chi connectivity index (χ4v) is 18.1. The molecule has 37 heteroatoms. The molecule has 9 heterocycles. The number of unbranched alkanes of at least 4 members (excludes halogenated alkanes) is 1. The number of rotatable bonds is 37. The van der Waals surface area contributed by atoms with Gasteiger partial charge in [-0.25, -0.2) is 34.1 Å². The van der Waals surface area contributed by atoms with E-state index >= 15 is 0 Å². The third kappa shape index (κ3) is 28.8. The molecule has 37 nitrogen and oxygen atoms in total. The van der Waals surface area contributed by atoms with Gasteiger partial charge in [-0.15, -0.1) is 5.10 Å². The fourth-order valence-electron chi connectivity index (χ4n) is 18.1. The number of hydrogen-bond donors (Lipinski definition) is 6. The number of aliphatic hydroxyl groups excluding tert-OH is 1. The number of amides is 2. The summed E-state index contributed by atoms with van der Waals surface area (Å²) in [6.45, 7) is 20.4. The van der Waals surface area contributed by atoms with E-state index in [4.69, 9.17) is 88.8 Å². The van der Waals surface area contributed by atoms with Crippen LogP contribution >= 0.6 is 0 Å². The van der Waals surface area contributed by atoms with Crippen molar-refractivity contribution in [3.8, 4) is 22.4 Å². The Kier molecular flexibility index (Phi) is 39.3. The molecule has 4 aliphatic heterocycles. The van der Waals surface area contributed by atoms with Crippen LogP contribution in [-0.4, -0.2) is 292 Å². The molecule has 1 aliphatic carbocycles. The van der Waals surface area contributed by atoms with E-state index < -0.39 is 83.8 Å². The Morgan fingerprint density at radius 2 is 1.47 bits per heavy atom. The summed E-state index contributed by atoms with van der Waals surface area (Å²) in [6, 6.07) is 11.5. The number of nitrogens with one attached hydrogen (secondary N) is 1. The minimum absolute atomic E-state index is 0.0203. The zero-order valence-corrected chi connectivity index (χ0v) is 78.9. The predicted molar refractivity (Wildman–Crippen MR) is 500 cm³/mol. The van der Waals surface area contributed by atoms with E-state index in [1.165, 1.54) is 18.3 Å². The van der Waals surface area contributed by atoms with Crippen molar-refractivity contribution in [1.29, 1.82) is 0 Å². The fraction of sp³-hybridized carbons (Fsp3) is 0.608. The van der Waals surface area contributed by atoms with E-state index in [2.05, 4.69) is 46.4 Å². The molecule has 2 amide bonds. The van der Waals surface area contributed by atoms with Gasteiger partial charge in [0, 0.05) is 146 Å². The molecule has 1 saturated carbocycles. The first-order valence-electron chi connectivity index (χ1n) is 47.2. The van der Waals surface area contributed by atoms with Gasteiger partial charge < -0.3 is 99.1 Å². The number of Topliss-reactive ketones (excluding diaryl/α,β-unsaturated/α-hetero) is 3. The number of carbonyl (C=O) groups is 6. The van der Waals surface area contributed by atoms with Crippen LogP contribution in [0.2, 0.25) is 0 Å². The van der Waals surface area contributed by atoms with E-state index in [9.17, 15) is 39.0 Å². The number of allylic oxidation sites excluding steroid dienone is 6. The predicted octanol–water partition coefficient (Wildman–Crippen LogP) is 8.65. The number of methoxy groups -OCH3 is 3. The van der Waals surface area contributed by atoms with Crippen LogP contribution in [0.1, 0.15) is 149 Å². The molecule has 134 heavy (non-hydrogen) atoms. The number of nitrogen functional groups attached to an aromatic ring is 2. The number of piperazine rings is 1. The van der Waals surface area contributed by atoms with Crippen LogP contribution in [0.25, 0.3) is 44.5 Å². The molecule has 5 aromatic heterocycles. The first-order chi connectivity index (χ1) is 64.8. The van der Waals surface area contributed by atoms with E-state index in [0.717, 1.165) is 72.5 Å². The van der Waals surface area contributed by atoms with Gasteiger partial charge in [-0.3, -0.25) is 28.9 Å². The number of anilines is 3. The average Bonchev–Trinajstić information content (AvgIpc) is 1.77. The topological polar surface area (TPSA) is 470 Å². The van der Waals surface area contributed by atoms with E-state index in [-0.39, 0.29) is 86.4 Å². The van der Waals surface area contributed by atoms with Crippen molar-refractivity contribution in [2.24, 2.45) is 35.3 Å². The van der Waals surface area contributed by atoms with Crippen LogP contribution in [0.15, 0.2) is 119 Å². The molecule has 12 rings (SSSR count). The minimum atomic E-state index is -2.49. The van der Waals surface area contributed by atoms with Crippen LogP contribution in [0.4, 0.5) is 17.8 Å². The number of hydrogen-bond acceptors (Lipinski definition) is 33. The Morgan fingerprint density at radius 1 is 0.731 bits per heavy atom. The Morgan fingerprint density at radius 3 is 2.20 bits per heavy atom. The van der Waals surface area contributed by atoms with Gasteiger partial charge in [-0.1, -0.05) is 87.6 Å². The number of ether oxygens (including phenoxy) is 11. The highest BCUT2D eigenvalue weighted by Crippen LogP contribution is 2.40. The standard InChI is InChI=1S/C97H137N17O20/c1-62-18-11-10-12-19-63(2)81(123-7)54-74-26-23-67(6)97(122,134-74)90(119)93(120)113-31-15-13-22-77(113)94(121)132-82(55-78(115)64(3)49-66(5)88(118)89(125-9)87(117)65(4)48-62)75(98)51-68-24-27-80(83(52-68)124-8)131-60-69-20-17-21-70(50-69)72-56-102-96(103-57-72)111-35-33-110(34-36-111)58-73-59-112(109-107-73)37-39-127-41-43-129-45-47-130-46-44-128-42-40-126-38-29-84(116)101-30-14-16-32-114-92-85(91(99)104-61-105-92)86(108-114)71-25-28-79-76(53-71)106-95(100)133-79/h10-12,17-21,25,28,49-50,53,56-57,59,61-62,64-65,67-68,74-75,77,80-83,88-89,118,122H,13-16,22-24,26-27,29-48,51-52,54-55,58,60,98H2,1-9H3,(H2,100,106)(H,101,116)(H2,99,104,105)/b12-10?,18-11+,63-19?,66-49+/t62-,64-,65-,67-,68+,74+,75-,77+,80-,81+,82+,83-,88-,89+,97-/m1/s1. The van der Waals surface area contributed by atoms with E-state index in [1.54, 1.807) is 56.5 Å². The van der Waals surface area contributed by atoms with Crippen molar-refractivity contribution in [3.63, 3.8) is 0 Å². The lowest BCUT2D eigenvalue weighted by molar-refractivity contribution is -0.265. The maximum atomic E-state index is 14.8. The molecule has 9 N–H and O–H groups in total. The highest BCUT2D eigenvalue weighted by Gasteiger charge is 2.53. The molecule has 0 spiro atoms. The number of carbonyl (C=O) groups excluding carboxylic acids is 6. The number of aryl methyl sites for hydroxylation is 1. The Bertz CT molecular complexity index is 5090. The lowest BCUT2D eigenvalue weighted by atomic mass is 9.80. The molecule has 0 unspecified atom stereocenters. The smallest absolute Gasteiger partial charge is 0.329 e. The molecule has 2 aromatic carbocycles. The van der Waals surface area contributed by atoms with Gasteiger partial charge in [0.05, 0.1) is 115 Å². The number of oxazole rings is 1. The normalized spacial score (nSPS) is 25.9. The zero-order valence-electron chi connectivity index (χ0n) is 78.9. The third-order valence-electron chi connectivity index (χ3n) is 26.0. The summed E-state index contributed by atoms with van der Waals surface area (Å²) in [7, 11) is 4.59. The Labute approximate surface area is 783 Å². The summed E-state index contributed by atoms with van der Waals surface area (Å²) in [5.74, 6) is -7.49. The first-order valence-corrected chi connectivity index (χ1v) is 47.2. The van der Waals surface area contributed by atoms with Gasteiger partial charge in [0.15, 0.2) is 17.0 Å². The molecule has 4 fully saturated rings. The van der Waals surface area contributed by atoms with Gasteiger partial charge in [0.2, 0.25) is 17.6 Å². The highest BCUT2D eigenvalue weighted by molar-refractivity contribution is 6.39. The van der Waals surface area contributed by atoms with Crippen LogP contribution in [0.3, 0.4) is 0 Å². The van der Waals surface area contributed by atoms with Gasteiger partial charge in [-0.2, -0.15) is 10.1 Å². The highest BCUT2D eigenvalue weighted by atomic mass is 16.6. The van der Waals surface area contributed by atoms with Gasteiger partial charge in [0.1, 0.15) is 53.5 Å². The summed E-state index contributed by atoms with van der Waals surface area (Å²) in [6.07, 6.45) is 19.1. The molecule has 7 aromatic rings. The second-order valence-corrected chi connectivity index (χ2v) is 35.9. The van der Waals surface area contributed by atoms with Gasteiger partial charge >= 0.3 is 5.97 Å². The zero-order chi connectivity index (χ0) is 95.2. The van der Waals surface area contributed by atoms with Crippen molar-refractivity contribution >= 4 is 75.0 Å². The first kappa shape index (κ1) is 103. The number of nitrogens with two attached hydrogens (primary N) is 3. The molecular weight excluding hydrogens is 1720 g/mol. The molecule has 3 saturated heterocycles. The number of aliphatic hydroxyl groups is 2. The Balaban J connectivity index is 0.525. The number of benzene rings is 2. The molecule has 2 bridgehead atoms. The third-order valence-corrected chi connectivity index (χ3v) is 26.0. The van der Waals surface area contributed by atoms with E-state index in [0.29, 0.717) is 195 Å². The monoisotopic (exact) mass is 1860 g/mol. The van der Waals surface area contributed by atoms with Crippen LogP contribution < -0.4 is 27.4 Å². The minimum Gasteiger partial charge on any atom is -0.459 e. The summed E-state index contributed by atoms with van der Waals surface area (Å²) in [5.41, 5.74) is 27.2. The summed E-state index contributed by atoms with van der Waals surface area (Å²) in [5, 5.41) is 41.1. The second-order valence-electron chi connectivity index (χ2n) is 35.9. The van der Waals surface area contributed by atoms with Crippen LogP contribution in [0.5, 0.6) is 0 Å². The number of esters is 1. The number of nitrogens with zero attached hydrogens (tertiary/aromatic N) is 13. The average molecular weight is 1860 g/mol. The van der Waals surface area contributed by atoms with Crippen LogP contribution in [0, 0.1) is 29.6 Å². The van der Waals surface area contributed by atoms with Crippen molar-refractivity contribution in [3.05, 3.63) is 126 Å². The number of piperidine rings is 1. The van der Waals surface area contributed by atoms with Gasteiger partial charge in [0.25, 0.3) is 17.7 Å². The van der Waals surface area contributed by atoms with E-state index in [1.807, 2.05) is 100 Å².